The van der Waals surface area contributed by atoms with Gasteiger partial charge in [0, 0.05) is 6.54 Å². The number of anilines is 1. The van der Waals surface area contributed by atoms with Crippen LogP contribution in [0.4, 0.5) is 5.69 Å². The first-order valence-electron chi connectivity index (χ1n) is 9.92. The number of ether oxygens (including phenoxy) is 2. The average molecular weight is 423 g/mol. The highest BCUT2D eigenvalue weighted by molar-refractivity contribution is 5.99. The highest BCUT2D eigenvalue weighted by Gasteiger charge is 2.21. The van der Waals surface area contributed by atoms with Crippen LogP contribution >= 0.6 is 0 Å². The first-order valence-corrected chi connectivity index (χ1v) is 9.92. The molecule has 0 aliphatic heterocycles. The fourth-order valence-electron chi connectivity index (χ4n) is 3.25. The van der Waals surface area contributed by atoms with E-state index in [1.54, 1.807) is 41.8 Å². The monoisotopic (exact) mass is 423 g/mol. The summed E-state index contributed by atoms with van der Waals surface area (Å²) in [6.45, 7) is 7.37. The number of methoxy groups -OCH3 is 1. The summed E-state index contributed by atoms with van der Waals surface area (Å²) in [6, 6.07) is 10.2. The first-order chi connectivity index (χ1) is 14.7. The van der Waals surface area contributed by atoms with Gasteiger partial charge in [0.05, 0.1) is 29.4 Å². The van der Waals surface area contributed by atoms with E-state index in [0.717, 1.165) is 5.56 Å². The van der Waals surface area contributed by atoms with E-state index in [4.69, 9.17) is 9.47 Å². The van der Waals surface area contributed by atoms with Crippen LogP contribution in [-0.4, -0.2) is 34.6 Å². The van der Waals surface area contributed by atoms with Crippen LogP contribution in [0.3, 0.4) is 0 Å². The lowest BCUT2D eigenvalue weighted by Crippen LogP contribution is -2.30. The topological polar surface area (TPSA) is 99.5 Å². The molecule has 1 atom stereocenters. The van der Waals surface area contributed by atoms with Gasteiger partial charge in [0.15, 0.2) is 6.10 Å². The van der Waals surface area contributed by atoms with Crippen LogP contribution in [0.25, 0.3) is 11.0 Å². The summed E-state index contributed by atoms with van der Waals surface area (Å²) in [4.78, 5) is 41.7. The van der Waals surface area contributed by atoms with Gasteiger partial charge in [0.25, 0.3) is 11.5 Å². The average Bonchev–Trinajstić information content (AvgIpc) is 2.74. The number of aryl methyl sites for hydroxylation is 3. The molecule has 0 fully saturated rings. The minimum Gasteiger partial charge on any atom is -0.495 e. The Balaban J connectivity index is 1.78. The van der Waals surface area contributed by atoms with E-state index in [9.17, 15) is 14.4 Å². The third-order valence-corrected chi connectivity index (χ3v) is 4.93. The molecular weight excluding hydrogens is 398 g/mol. The van der Waals surface area contributed by atoms with Crippen molar-refractivity contribution in [3.63, 3.8) is 0 Å². The van der Waals surface area contributed by atoms with E-state index in [0.29, 0.717) is 34.7 Å². The molecule has 1 aromatic heterocycles. The van der Waals surface area contributed by atoms with Crippen molar-refractivity contribution >= 4 is 28.6 Å². The molecule has 0 aliphatic rings. The number of benzene rings is 2. The molecule has 0 bridgehead atoms. The van der Waals surface area contributed by atoms with Crippen LogP contribution in [0.1, 0.15) is 35.5 Å². The Hall–Kier alpha value is -3.68. The van der Waals surface area contributed by atoms with Crippen molar-refractivity contribution in [1.29, 1.82) is 0 Å². The second-order valence-electron chi connectivity index (χ2n) is 7.19. The van der Waals surface area contributed by atoms with E-state index >= 15 is 0 Å². The van der Waals surface area contributed by atoms with E-state index in [1.165, 1.54) is 14.0 Å². The van der Waals surface area contributed by atoms with Crippen molar-refractivity contribution < 1.29 is 19.1 Å². The number of carbonyl (C=O) groups excluding carboxylic acids is 2. The summed E-state index contributed by atoms with van der Waals surface area (Å²) >= 11 is 0. The molecule has 162 valence electrons. The summed E-state index contributed by atoms with van der Waals surface area (Å²) in [7, 11) is 1.51. The normalized spacial score (nSPS) is 11.8. The third-order valence-electron chi connectivity index (χ3n) is 4.93. The van der Waals surface area contributed by atoms with Gasteiger partial charge in [-0.2, -0.15) is 0 Å². The van der Waals surface area contributed by atoms with Gasteiger partial charge in [-0.25, -0.2) is 9.78 Å². The summed E-state index contributed by atoms with van der Waals surface area (Å²) in [5.74, 6) is -0.628. The quantitative estimate of drug-likeness (QED) is 0.611. The SMILES string of the molecule is CCn1c(=O)c(C)nc2cc(C(=O)O[C@@H](C)C(=O)Nc3cc(C)ccc3OC)ccc21. The number of carbonyl (C=O) groups is 2. The van der Waals surface area contributed by atoms with E-state index in [2.05, 4.69) is 10.3 Å². The second-order valence-corrected chi connectivity index (χ2v) is 7.19. The Bertz CT molecular complexity index is 1220. The molecule has 1 heterocycles. The molecule has 0 unspecified atom stereocenters. The number of rotatable bonds is 6. The zero-order valence-corrected chi connectivity index (χ0v) is 18.2. The Kier molecular flexibility index (Phi) is 6.39. The molecule has 3 rings (SSSR count). The summed E-state index contributed by atoms with van der Waals surface area (Å²) in [6.07, 6.45) is -1.03. The van der Waals surface area contributed by atoms with E-state index in [1.807, 2.05) is 19.9 Å². The fraction of sp³-hybridized carbons (Fsp3) is 0.304. The molecule has 1 amide bonds. The lowest BCUT2D eigenvalue weighted by molar-refractivity contribution is -0.123. The van der Waals surface area contributed by atoms with Crippen LogP contribution in [-0.2, 0) is 16.1 Å². The molecule has 8 heteroatoms. The second kappa shape index (κ2) is 8.99. The van der Waals surface area contributed by atoms with Crippen molar-refractivity contribution in [3.8, 4) is 5.75 Å². The Morgan fingerprint density at radius 2 is 1.90 bits per heavy atom. The maximum Gasteiger partial charge on any atom is 0.338 e. The van der Waals surface area contributed by atoms with Gasteiger partial charge < -0.3 is 19.4 Å². The van der Waals surface area contributed by atoms with Crippen LogP contribution in [0.2, 0.25) is 0 Å². The van der Waals surface area contributed by atoms with Crippen LogP contribution in [0.5, 0.6) is 5.75 Å². The minimum atomic E-state index is -1.03. The highest BCUT2D eigenvalue weighted by Crippen LogP contribution is 2.25. The molecule has 0 spiro atoms. The molecule has 3 aromatic rings. The molecule has 31 heavy (non-hydrogen) atoms. The largest absolute Gasteiger partial charge is 0.495 e. The predicted molar refractivity (Wildman–Crippen MR) is 118 cm³/mol. The zero-order chi connectivity index (χ0) is 22.7. The molecule has 0 radical (unpaired) electrons. The van der Waals surface area contributed by atoms with Gasteiger partial charge in [-0.1, -0.05) is 6.07 Å². The van der Waals surface area contributed by atoms with Crippen molar-refractivity contribution in [3.05, 3.63) is 63.6 Å². The Labute approximate surface area is 179 Å². The molecule has 0 saturated heterocycles. The minimum absolute atomic E-state index is 0.165. The van der Waals surface area contributed by atoms with Crippen molar-refractivity contribution in [2.75, 3.05) is 12.4 Å². The van der Waals surface area contributed by atoms with Crippen LogP contribution in [0.15, 0.2) is 41.2 Å². The molecule has 8 nitrogen and oxygen atoms in total. The number of fused-ring (bicyclic) bond motifs is 1. The molecule has 1 N–H and O–H groups in total. The lowest BCUT2D eigenvalue weighted by atomic mass is 10.2. The zero-order valence-electron chi connectivity index (χ0n) is 18.2. The summed E-state index contributed by atoms with van der Waals surface area (Å²) in [5.41, 5.74) is 3.01. The van der Waals surface area contributed by atoms with Crippen molar-refractivity contribution in [2.24, 2.45) is 0 Å². The molecular formula is C23H25N3O5. The predicted octanol–water partition coefficient (Wildman–Crippen LogP) is 3.23. The van der Waals surface area contributed by atoms with Gasteiger partial charge in [0.1, 0.15) is 11.4 Å². The third kappa shape index (κ3) is 4.58. The standard InChI is InChI=1S/C23H25N3O5/c1-6-26-19-9-8-16(12-17(19)24-14(3)22(26)28)23(29)31-15(4)21(27)25-18-11-13(2)7-10-20(18)30-5/h7-12,15H,6H2,1-5H3,(H,25,27)/t15-/m0/s1. The van der Waals surface area contributed by atoms with Crippen LogP contribution < -0.4 is 15.6 Å². The summed E-state index contributed by atoms with van der Waals surface area (Å²) < 4.78 is 12.2. The molecule has 2 aromatic carbocycles. The number of esters is 1. The number of hydrogen-bond acceptors (Lipinski definition) is 6. The van der Waals surface area contributed by atoms with Gasteiger partial charge in [0.2, 0.25) is 0 Å². The summed E-state index contributed by atoms with van der Waals surface area (Å²) in [5, 5.41) is 2.73. The maximum absolute atomic E-state index is 12.6. The van der Waals surface area contributed by atoms with Crippen molar-refractivity contribution in [2.45, 2.75) is 40.3 Å². The van der Waals surface area contributed by atoms with E-state index < -0.39 is 18.0 Å². The number of nitrogens with zero attached hydrogens (tertiary/aromatic N) is 2. The number of hydrogen-bond donors (Lipinski definition) is 1. The van der Waals surface area contributed by atoms with Crippen molar-refractivity contribution in [1.82, 2.24) is 9.55 Å². The Morgan fingerprint density at radius 3 is 2.58 bits per heavy atom. The maximum atomic E-state index is 12.6. The molecule has 0 aliphatic carbocycles. The number of amides is 1. The Morgan fingerprint density at radius 1 is 1.16 bits per heavy atom. The van der Waals surface area contributed by atoms with Gasteiger partial charge in [-0.3, -0.25) is 9.59 Å². The fourth-order valence-corrected chi connectivity index (χ4v) is 3.25. The smallest absolute Gasteiger partial charge is 0.338 e. The van der Waals surface area contributed by atoms with Gasteiger partial charge in [-0.15, -0.1) is 0 Å². The van der Waals surface area contributed by atoms with Gasteiger partial charge >= 0.3 is 5.97 Å². The van der Waals surface area contributed by atoms with E-state index in [-0.39, 0.29) is 11.1 Å². The highest BCUT2D eigenvalue weighted by atomic mass is 16.5. The number of nitrogens with one attached hydrogen (secondary N) is 1. The van der Waals surface area contributed by atoms with Crippen LogP contribution in [0, 0.1) is 13.8 Å². The lowest BCUT2D eigenvalue weighted by Gasteiger charge is -2.16. The van der Waals surface area contributed by atoms with Gasteiger partial charge in [-0.05, 0) is 63.6 Å². The number of aromatic nitrogens is 2. The first kappa shape index (κ1) is 22.0. The molecule has 0 saturated carbocycles.